The maximum absolute atomic E-state index is 5.68. The average Bonchev–Trinajstić information content (AvgIpc) is 2.49. The van der Waals surface area contributed by atoms with Gasteiger partial charge < -0.3 is 0 Å². The summed E-state index contributed by atoms with van der Waals surface area (Å²) in [4.78, 5) is 12.5. The van der Waals surface area contributed by atoms with Crippen LogP contribution in [0.25, 0.3) is 10.8 Å². The summed E-state index contributed by atoms with van der Waals surface area (Å²) in [6, 6.07) is 9.83. The van der Waals surface area contributed by atoms with Crippen molar-refractivity contribution in [3.63, 3.8) is 0 Å². The normalized spacial score (nSPS) is 12.5. The Kier molecular flexibility index (Phi) is 3.14. The van der Waals surface area contributed by atoms with E-state index < -0.39 is 0 Å². The highest BCUT2D eigenvalue weighted by Gasteiger charge is 2.16. The zero-order chi connectivity index (χ0) is 13.1. The van der Waals surface area contributed by atoms with Crippen LogP contribution in [0.5, 0.6) is 0 Å². The van der Waals surface area contributed by atoms with E-state index in [1.807, 2.05) is 24.3 Å². The standard InChI is InChI=1S/C14H13N5/c15-19-13(11-7-16-9-17-8-11)14-12-4-2-1-3-10(12)5-6-18-14/h1-9,13,19H,15H2. The molecule has 5 nitrogen and oxygen atoms in total. The lowest BCUT2D eigenvalue weighted by atomic mass is 10.0. The van der Waals surface area contributed by atoms with E-state index >= 15 is 0 Å². The van der Waals surface area contributed by atoms with Crippen molar-refractivity contribution in [2.24, 2.45) is 5.84 Å². The number of hydrogen-bond acceptors (Lipinski definition) is 5. The number of hydrogen-bond donors (Lipinski definition) is 2. The van der Waals surface area contributed by atoms with Crippen LogP contribution in [0, 0.1) is 0 Å². The van der Waals surface area contributed by atoms with Gasteiger partial charge in [0.15, 0.2) is 0 Å². The Morgan fingerprint density at radius 2 is 1.84 bits per heavy atom. The van der Waals surface area contributed by atoms with Crippen LogP contribution in [0.4, 0.5) is 0 Å². The summed E-state index contributed by atoms with van der Waals surface area (Å²) in [5, 5.41) is 2.20. The van der Waals surface area contributed by atoms with Crippen molar-refractivity contribution in [2.45, 2.75) is 6.04 Å². The molecule has 3 rings (SSSR count). The van der Waals surface area contributed by atoms with Gasteiger partial charge in [-0.15, -0.1) is 0 Å². The molecule has 0 fully saturated rings. The van der Waals surface area contributed by atoms with Gasteiger partial charge in [0.2, 0.25) is 0 Å². The summed E-state index contributed by atoms with van der Waals surface area (Å²) in [5.74, 6) is 5.68. The highest BCUT2D eigenvalue weighted by Crippen LogP contribution is 2.25. The van der Waals surface area contributed by atoms with Crippen molar-refractivity contribution in [1.29, 1.82) is 0 Å². The molecule has 5 heteroatoms. The second-order valence-corrected chi connectivity index (χ2v) is 4.19. The smallest absolute Gasteiger partial charge is 0.115 e. The lowest BCUT2D eigenvalue weighted by Crippen LogP contribution is -2.29. The first kappa shape index (κ1) is 11.7. The summed E-state index contributed by atoms with van der Waals surface area (Å²) in [7, 11) is 0. The molecule has 0 aliphatic rings. The molecule has 3 aromatic rings. The third-order valence-electron chi connectivity index (χ3n) is 3.06. The van der Waals surface area contributed by atoms with Crippen LogP contribution >= 0.6 is 0 Å². The molecule has 3 N–H and O–H groups in total. The van der Waals surface area contributed by atoms with Crippen molar-refractivity contribution in [2.75, 3.05) is 0 Å². The molecule has 2 heterocycles. The molecule has 0 saturated carbocycles. The van der Waals surface area contributed by atoms with Crippen LogP contribution in [0.2, 0.25) is 0 Å². The molecule has 2 aromatic heterocycles. The van der Waals surface area contributed by atoms with E-state index in [0.29, 0.717) is 0 Å². The lowest BCUT2D eigenvalue weighted by molar-refractivity contribution is 0.621. The van der Waals surface area contributed by atoms with Crippen LogP contribution in [-0.2, 0) is 0 Å². The van der Waals surface area contributed by atoms with Crippen molar-refractivity contribution < 1.29 is 0 Å². The van der Waals surface area contributed by atoms with Crippen LogP contribution < -0.4 is 11.3 Å². The third kappa shape index (κ3) is 2.16. The fraction of sp³-hybridized carbons (Fsp3) is 0.0714. The highest BCUT2D eigenvalue weighted by molar-refractivity contribution is 5.85. The molecule has 0 aliphatic carbocycles. The van der Waals surface area contributed by atoms with Gasteiger partial charge in [0, 0.05) is 29.5 Å². The first-order valence-electron chi connectivity index (χ1n) is 5.95. The molecular weight excluding hydrogens is 238 g/mol. The molecule has 0 aliphatic heterocycles. The third-order valence-corrected chi connectivity index (χ3v) is 3.06. The summed E-state index contributed by atoms with van der Waals surface area (Å²) >= 11 is 0. The molecule has 94 valence electrons. The van der Waals surface area contributed by atoms with E-state index in [0.717, 1.165) is 22.0 Å². The Balaban J connectivity index is 2.17. The van der Waals surface area contributed by atoms with Crippen LogP contribution in [0.15, 0.2) is 55.2 Å². The largest absolute Gasteiger partial charge is 0.271 e. The summed E-state index contributed by atoms with van der Waals surface area (Å²) in [6.07, 6.45) is 6.75. The van der Waals surface area contributed by atoms with E-state index in [9.17, 15) is 0 Å². The van der Waals surface area contributed by atoms with Gasteiger partial charge in [-0.25, -0.2) is 15.4 Å². The Bertz CT molecular complexity index is 678. The number of benzene rings is 1. The number of fused-ring (bicyclic) bond motifs is 1. The van der Waals surface area contributed by atoms with Gasteiger partial charge in [-0.1, -0.05) is 24.3 Å². The Morgan fingerprint density at radius 3 is 2.63 bits per heavy atom. The fourth-order valence-electron chi connectivity index (χ4n) is 2.17. The number of nitrogens with one attached hydrogen (secondary N) is 1. The Labute approximate surface area is 110 Å². The molecule has 1 aromatic carbocycles. The minimum absolute atomic E-state index is 0.229. The zero-order valence-electron chi connectivity index (χ0n) is 10.2. The van der Waals surface area contributed by atoms with Gasteiger partial charge in [-0.2, -0.15) is 0 Å². The summed E-state index contributed by atoms with van der Waals surface area (Å²) < 4.78 is 0. The SMILES string of the molecule is NNC(c1cncnc1)c1nccc2ccccc12. The van der Waals surface area contributed by atoms with Crippen molar-refractivity contribution in [1.82, 2.24) is 20.4 Å². The van der Waals surface area contributed by atoms with E-state index in [-0.39, 0.29) is 6.04 Å². The minimum atomic E-state index is -0.229. The van der Waals surface area contributed by atoms with Gasteiger partial charge in [0.1, 0.15) is 6.33 Å². The Hall–Kier alpha value is -2.37. The topological polar surface area (TPSA) is 76.7 Å². The maximum atomic E-state index is 5.68. The van der Waals surface area contributed by atoms with Crippen LogP contribution in [0.1, 0.15) is 17.3 Å². The van der Waals surface area contributed by atoms with Gasteiger partial charge in [-0.3, -0.25) is 10.8 Å². The molecule has 0 amide bonds. The molecular formula is C14H13N5. The van der Waals surface area contributed by atoms with Crippen molar-refractivity contribution in [3.8, 4) is 0 Å². The predicted octanol–water partition coefficient (Wildman–Crippen LogP) is 1.58. The average molecular weight is 251 g/mol. The number of rotatable bonds is 3. The molecule has 19 heavy (non-hydrogen) atoms. The fourth-order valence-corrected chi connectivity index (χ4v) is 2.17. The van der Waals surface area contributed by atoms with Gasteiger partial charge in [-0.05, 0) is 11.5 Å². The number of nitrogens with two attached hydrogens (primary N) is 1. The lowest BCUT2D eigenvalue weighted by Gasteiger charge is -2.16. The van der Waals surface area contributed by atoms with E-state index in [4.69, 9.17) is 5.84 Å². The van der Waals surface area contributed by atoms with Crippen LogP contribution in [-0.4, -0.2) is 15.0 Å². The molecule has 0 radical (unpaired) electrons. The first-order chi connectivity index (χ1) is 9.40. The molecule has 0 spiro atoms. The molecule has 1 unspecified atom stereocenters. The number of nitrogens with zero attached hydrogens (tertiary/aromatic N) is 3. The predicted molar refractivity (Wildman–Crippen MR) is 72.9 cm³/mol. The van der Waals surface area contributed by atoms with Crippen molar-refractivity contribution >= 4 is 10.8 Å². The first-order valence-corrected chi connectivity index (χ1v) is 5.95. The minimum Gasteiger partial charge on any atom is -0.271 e. The highest BCUT2D eigenvalue weighted by atomic mass is 15.2. The number of pyridine rings is 1. The maximum Gasteiger partial charge on any atom is 0.115 e. The van der Waals surface area contributed by atoms with Gasteiger partial charge in [0.25, 0.3) is 0 Å². The zero-order valence-corrected chi connectivity index (χ0v) is 10.2. The van der Waals surface area contributed by atoms with Crippen molar-refractivity contribution in [3.05, 3.63) is 66.5 Å². The monoisotopic (exact) mass is 251 g/mol. The number of hydrazine groups is 1. The van der Waals surface area contributed by atoms with Gasteiger partial charge >= 0.3 is 0 Å². The quantitative estimate of drug-likeness (QED) is 0.546. The second-order valence-electron chi connectivity index (χ2n) is 4.19. The molecule has 1 atom stereocenters. The molecule has 0 bridgehead atoms. The van der Waals surface area contributed by atoms with Crippen LogP contribution in [0.3, 0.4) is 0 Å². The Morgan fingerprint density at radius 1 is 1.05 bits per heavy atom. The van der Waals surface area contributed by atoms with Gasteiger partial charge in [0.05, 0.1) is 11.7 Å². The summed E-state index contributed by atoms with van der Waals surface area (Å²) in [6.45, 7) is 0. The summed E-state index contributed by atoms with van der Waals surface area (Å²) in [5.41, 5.74) is 4.54. The number of aromatic nitrogens is 3. The van der Waals surface area contributed by atoms with E-state index in [1.54, 1.807) is 18.6 Å². The van der Waals surface area contributed by atoms with E-state index in [1.165, 1.54) is 6.33 Å². The second kappa shape index (κ2) is 5.09. The van der Waals surface area contributed by atoms with E-state index in [2.05, 4.69) is 26.4 Å². The molecule has 0 saturated heterocycles.